The molecule has 0 bridgehead atoms. The number of aromatic nitrogens is 4. The van der Waals surface area contributed by atoms with Crippen LogP contribution in [0.2, 0.25) is 0 Å². The number of nitrogens with zero attached hydrogens (tertiary/aromatic N) is 4. The van der Waals surface area contributed by atoms with E-state index in [2.05, 4.69) is 27.4 Å². The summed E-state index contributed by atoms with van der Waals surface area (Å²) in [5.41, 5.74) is 2.35. The van der Waals surface area contributed by atoms with E-state index in [1.165, 1.54) is 11.8 Å². The first kappa shape index (κ1) is 19.5. The minimum absolute atomic E-state index is 0.0325. The molecule has 1 heterocycles. The molecule has 28 heavy (non-hydrogen) atoms. The van der Waals surface area contributed by atoms with Crippen molar-refractivity contribution in [1.82, 2.24) is 20.2 Å². The third kappa shape index (κ3) is 4.90. The SMILES string of the molecule is COc1ccccc1-n1nnnc1SCC#CCOC(=O)c1ccc(C)cc1. The lowest BCUT2D eigenvalue weighted by molar-refractivity contribution is 0.0556. The number of hydrogen-bond donors (Lipinski definition) is 0. The van der Waals surface area contributed by atoms with Crippen molar-refractivity contribution >= 4 is 17.7 Å². The fraction of sp³-hybridized carbons (Fsp3) is 0.200. The lowest BCUT2D eigenvalue weighted by atomic mass is 10.1. The Morgan fingerprint density at radius 2 is 1.93 bits per heavy atom. The van der Waals surface area contributed by atoms with Crippen LogP contribution in [0.4, 0.5) is 0 Å². The molecule has 0 spiro atoms. The molecule has 0 N–H and O–H groups in total. The van der Waals surface area contributed by atoms with Gasteiger partial charge in [-0.1, -0.05) is 53.4 Å². The predicted molar refractivity (Wildman–Crippen MR) is 106 cm³/mol. The normalized spacial score (nSPS) is 10.1. The standard InChI is InChI=1S/C20H18N4O3S/c1-15-9-11-16(12-10-15)19(25)27-13-5-6-14-28-20-21-22-23-24(20)17-7-3-4-8-18(17)26-2/h3-4,7-12H,13-14H2,1-2H3. The molecule has 3 rings (SSSR count). The number of tetrazole rings is 1. The highest BCUT2D eigenvalue weighted by Gasteiger charge is 2.12. The number of hydrogen-bond acceptors (Lipinski definition) is 7. The monoisotopic (exact) mass is 394 g/mol. The van der Waals surface area contributed by atoms with E-state index in [1.54, 1.807) is 23.9 Å². The lowest BCUT2D eigenvalue weighted by Crippen LogP contribution is -2.05. The fourth-order valence-electron chi connectivity index (χ4n) is 2.30. The summed E-state index contributed by atoms with van der Waals surface area (Å²) in [6.07, 6.45) is 0. The second kappa shape index (κ2) is 9.58. The van der Waals surface area contributed by atoms with Crippen LogP contribution in [0.15, 0.2) is 53.7 Å². The Hall–Kier alpha value is -3.31. The number of methoxy groups -OCH3 is 1. The molecule has 0 aliphatic rings. The highest BCUT2D eigenvalue weighted by atomic mass is 32.2. The topological polar surface area (TPSA) is 79.1 Å². The number of aryl methyl sites for hydroxylation is 1. The van der Waals surface area contributed by atoms with Gasteiger partial charge in [-0.3, -0.25) is 0 Å². The second-order valence-electron chi connectivity index (χ2n) is 5.63. The molecule has 0 saturated heterocycles. The molecule has 8 heteroatoms. The van der Waals surface area contributed by atoms with Crippen LogP contribution in [0, 0.1) is 18.8 Å². The van der Waals surface area contributed by atoms with E-state index in [0.717, 1.165) is 11.3 Å². The minimum atomic E-state index is -0.387. The van der Waals surface area contributed by atoms with Gasteiger partial charge in [0.2, 0.25) is 5.16 Å². The Labute approximate surface area is 167 Å². The fourth-order valence-corrected chi connectivity index (χ4v) is 2.96. The van der Waals surface area contributed by atoms with Gasteiger partial charge in [-0.15, -0.1) is 5.10 Å². The van der Waals surface area contributed by atoms with Crippen LogP contribution in [0.1, 0.15) is 15.9 Å². The van der Waals surface area contributed by atoms with Gasteiger partial charge in [-0.25, -0.2) is 4.79 Å². The molecule has 3 aromatic rings. The summed E-state index contributed by atoms with van der Waals surface area (Å²) in [7, 11) is 1.60. The largest absolute Gasteiger partial charge is 0.494 e. The van der Waals surface area contributed by atoms with Crippen LogP contribution in [0.25, 0.3) is 5.69 Å². The van der Waals surface area contributed by atoms with E-state index in [9.17, 15) is 4.79 Å². The Balaban J connectivity index is 1.52. The highest BCUT2D eigenvalue weighted by molar-refractivity contribution is 7.99. The maximum Gasteiger partial charge on any atom is 0.339 e. The van der Waals surface area contributed by atoms with E-state index >= 15 is 0 Å². The number of carbonyl (C=O) groups excluding carboxylic acids is 1. The average molecular weight is 394 g/mol. The maximum atomic E-state index is 11.9. The molecular formula is C20H18N4O3S. The van der Waals surface area contributed by atoms with Gasteiger partial charge < -0.3 is 9.47 Å². The van der Waals surface area contributed by atoms with Crippen molar-refractivity contribution in [1.29, 1.82) is 0 Å². The van der Waals surface area contributed by atoms with Gasteiger partial charge in [0.15, 0.2) is 6.61 Å². The Morgan fingerprint density at radius 1 is 1.14 bits per heavy atom. The molecule has 0 aliphatic heterocycles. The maximum absolute atomic E-state index is 11.9. The number of esters is 1. The summed E-state index contributed by atoms with van der Waals surface area (Å²) in [6, 6.07) is 14.7. The molecule has 0 atom stereocenters. The third-order valence-corrected chi connectivity index (χ3v) is 4.52. The Morgan fingerprint density at radius 3 is 2.71 bits per heavy atom. The van der Waals surface area contributed by atoms with Gasteiger partial charge >= 0.3 is 5.97 Å². The summed E-state index contributed by atoms with van der Waals surface area (Å²) >= 11 is 1.38. The van der Waals surface area contributed by atoms with Crippen molar-refractivity contribution in [3.63, 3.8) is 0 Å². The highest BCUT2D eigenvalue weighted by Crippen LogP contribution is 2.25. The molecular weight excluding hydrogens is 376 g/mol. The Kier molecular flexibility index (Phi) is 6.65. The number of para-hydroxylation sites is 2. The molecule has 0 radical (unpaired) electrons. The molecule has 142 valence electrons. The molecule has 0 unspecified atom stereocenters. The molecule has 2 aromatic carbocycles. The third-order valence-electron chi connectivity index (χ3n) is 3.72. The van der Waals surface area contributed by atoms with Crippen molar-refractivity contribution in [3.05, 3.63) is 59.7 Å². The predicted octanol–water partition coefficient (Wildman–Crippen LogP) is 2.93. The van der Waals surface area contributed by atoms with Crippen molar-refractivity contribution in [2.45, 2.75) is 12.1 Å². The summed E-state index contributed by atoms with van der Waals surface area (Å²) in [5, 5.41) is 12.3. The van der Waals surface area contributed by atoms with Crippen molar-refractivity contribution < 1.29 is 14.3 Å². The van der Waals surface area contributed by atoms with Crippen LogP contribution < -0.4 is 4.74 Å². The number of rotatable bonds is 6. The molecule has 0 amide bonds. The van der Waals surface area contributed by atoms with E-state index in [0.29, 0.717) is 22.2 Å². The minimum Gasteiger partial charge on any atom is -0.494 e. The first-order valence-corrected chi connectivity index (χ1v) is 9.41. The smallest absolute Gasteiger partial charge is 0.339 e. The van der Waals surface area contributed by atoms with Crippen LogP contribution in [0.5, 0.6) is 5.75 Å². The average Bonchev–Trinajstić information content (AvgIpc) is 3.19. The zero-order valence-electron chi connectivity index (χ0n) is 15.5. The molecule has 1 aromatic heterocycles. The second-order valence-corrected chi connectivity index (χ2v) is 6.57. The van der Waals surface area contributed by atoms with Crippen molar-refractivity contribution in [3.8, 4) is 23.3 Å². The molecule has 0 fully saturated rings. The Bertz CT molecular complexity index is 1010. The molecule has 0 aliphatic carbocycles. The molecule has 7 nitrogen and oxygen atoms in total. The van der Waals surface area contributed by atoms with E-state index in [4.69, 9.17) is 9.47 Å². The lowest BCUT2D eigenvalue weighted by Gasteiger charge is -2.08. The van der Waals surface area contributed by atoms with Gasteiger partial charge in [0.05, 0.1) is 18.4 Å². The first-order chi connectivity index (χ1) is 13.7. The zero-order valence-corrected chi connectivity index (χ0v) is 16.3. The number of ether oxygens (including phenoxy) is 2. The van der Waals surface area contributed by atoms with Gasteiger partial charge in [-0.05, 0) is 41.6 Å². The van der Waals surface area contributed by atoms with Crippen molar-refractivity contribution in [2.75, 3.05) is 19.5 Å². The van der Waals surface area contributed by atoms with E-state index < -0.39 is 0 Å². The van der Waals surface area contributed by atoms with E-state index in [-0.39, 0.29) is 12.6 Å². The summed E-state index contributed by atoms with van der Waals surface area (Å²) in [6.45, 7) is 1.99. The van der Waals surface area contributed by atoms with Gasteiger partial charge in [0, 0.05) is 0 Å². The first-order valence-electron chi connectivity index (χ1n) is 8.43. The van der Waals surface area contributed by atoms with Crippen LogP contribution >= 0.6 is 11.8 Å². The number of thioether (sulfide) groups is 1. The van der Waals surface area contributed by atoms with Crippen LogP contribution in [-0.4, -0.2) is 45.6 Å². The number of carbonyl (C=O) groups is 1. The van der Waals surface area contributed by atoms with Crippen molar-refractivity contribution in [2.24, 2.45) is 0 Å². The summed E-state index contributed by atoms with van der Waals surface area (Å²) in [4.78, 5) is 11.9. The van der Waals surface area contributed by atoms with Gasteiger partial charge in [-0.2, -0.15) is 4.68 Å². The summed E-state index contributed by atoms with van der Waals surface area (Å²) in [5.74, 6) is 6.51. The van der Waals surface area contributed by atoms with Crippen LogP contribution in [-0.2, 0) is 4.74 Å². The van der Waals surface area contributed by atoms with E-state index in [1.807, 2.05) is 43.3 Å². The number of benzene rings is 2. The quantitative estimate of drug-likeness (QED) is 0.361. The van der Waals surface area contributed by atoms with Gasteiger partial charge in [0.25, 0.3) is 0 Å². The zero-order chi connectivity index (χ0) is 19.8. The molecule has 0 saturated carbocycles. The van der Waals surface area contributed by atoms with Gasteiger partial charge in [0.1, 0.15) is 11.4 Å². The summed E-state index contributed by atoms with van der Waals surface area (Å²) < 4.78 is 12.1. The van der Waals surface area contributed by atoms with Crippen LogP contribution in [0.3, 0.4) is 0 Å².